The number of carbonyl (C=O) groups is 1. The van der Waals surface area contributed by atoms with Crippen LogP contribution in [0.3, 0.4) is 0 Å². The van der Waals surface area contributed by atoms with Gasteiger partial charge in [0, 0.05) is 18.2 Å². The van der Waals surface area contributed by atoms with Gasteiger partial charge in [-0.05, 0) is 23.3 Å². The topological polar surface area (TPSA) is 93.2 Å². The first-order valence-electron chi connectivity index (χ1n) is 7.88. The Balaban J connectivity index is 1.82. The molecule has 0 fully saturated rings. The van der Waals surface area contributed by atoms with E-state index < -0.39 is 11.2 Å². The van der Waals surface area contributed by atoms with Gasteiger partial charge in [0.25, 0.3) is 11.5 Å². The summed E-state index contributed by atoms with van der Waals surface area (Å²) in [6.45, 7) is 0.541. The van der Waals surface area contributed by atoms with E-state index in [-0.39, 0.29) is 22.9 Å². The third-order valence-electron chi connectivity index (χ3n) is 4.45. The number of H-pyrrole nitrogens is 1. The second-order valence-electron chi connectivity index (χ2n) is 6.03. The molecule has 0 saturated heterocycles. The summed E-state index contributed by atoms with van der Waals surface area (Å²) < 4.78 is 6.19. The molecule has 0 saturated carbocycles. The summed E-state index contributed by atoms with van der Waals surface area (Å²) >= 11 is 6.10. The number of benzene rings is 2. The molecule has 2 heterocycles. The number of rotatable bonds is 3. The Bertz CT molecular complexity index is 1180. The summed E-state index contributed by atoms with van der Waals surface area (Å²) in [7, 11) is 1.45. The Morgan fingerprint density at radius 1 is 1.19 bits per heavy atom. The molecule has 1 aromatic heterocycles. The highest BCUT2D eigenvalue weighted by molar-refractivity contribution is 6.32. The molecule has 4 rings (SSSR count). The van der Waals surface area contributed by atoms with E-state index >= 15 is 0 Å². The predicted molar refractivity (Wildman–Crippen MR) is 97.1 cm³/mol. The maximum absolute atomic E-state index is 12.8. The van der Waals surface area contributed by atoms with E-state index in [1.54, 1.807) is 12.1 Å². The van der Waals surface area contributed by atoms with Gasteiger partial charge in [0.05, 0.1) is 29.6 Å². The van der Waals surface area contributed by atoms with Crippen molar-refractivity contribution in [1.29, 1.82) is 0 Å². The second kappa shape index (κ2) is 6.03. The van der Waals surface area contributed by atoms with Crippen LogP contribution in [0.2, 0.25) is 5.02 Å². The predicted octanol–water partition coefficient (Wildman–Crippen LogP) is 1.64. The van der Waals surface area contributed by atoms with Gasteiger partial charge in [-0.3, -0.25) is 14.2 Å². The number of nitrogens with one attached hydrogen (secondary N) is 2. The number of hydrogen-bond acceptors (Lipinski definition) is 4. The maximum atomic E-state index is 12.8. The number of nitrogens with zero attached hydrogens (tertiary/aromatic N) is 1. The van der Waals surface area contributed by atoms with Crippen molar-refractivity contribution >= 4 is 28.4 Å². The molecule has 0 aliphatic carbocycles. The Kier molecular flexibility index (Phi) is 3.81. The summed E-state index contributed by atoms with van der Waals surface area (Å²) in [4.78, 5) is 39.6. The minimum atomic E-state index is -0.545. The number of aromatic nitrogens is 2. The van der Waals surface area contributed by atoms with Crippen molar-refractivity contribution in [2.24, 2.45) is 0 Å². The molecule has 132 valence electrons. The normalized spacial score (nSPS) is 12.9. The van der Waals surface area contributed by atoms with E-state index in [9.17, 15) is 14.4 Å². The number of methoxy groups -OCH3 is 1. The average Bonchev–Trinajstić information content (AvgIpc) is 2.99. The first-order valence-corrected chi connectivity index (χ1v) is 8.26. The van der Waals surface area contributed by atoms with Crippen molar-refractivity contribution in [2.45, 2.75) is 13.1 Å². The van der Waals surface area contributed by atoms with E-state index in [4.69, 9.17) is 16.3 Å². The number of hydrogen-bond donors (Lipinski definition) is 2. The van der Waals surface area contributed by atoms with Crippen LogP contribution in [0.15, 0.2) is 39.9 Å². The lowest BCUT2D eigenvalue weighted by Gasteiger charge is -2.09. The van der Waals surface area contributed by atoms with Crippen molar-refractivity contribution in [2.75, 3.05) is 7.11 Å². The van der Waals surface area contributed by atoms with Crippen molar-refractivity contribution in [3.63, 3.8) is 0 Å². The number of carbonyl (C=O) groups excluding carboxylic acids is 1. The highest BCUT2D eigenvalue weighted by Gasteiger charge is 2.19. The van der Waals surface area contributed by atoms with Crippen LogP contribution in [0.4, 0.5) is 0 Å². The lowest BCUT2D eigenvalue weighted by atomic mass is 10.1. The van der Waals surface area contributed by atoms with Gasteiger partial charge in [0.1, 0.15) is 5.75 Å². The zero-order valence-electron chi connectivity index (χ0n) is 13.8. The third kappa shape index (κ3) is 2.57. The number of ether oxygens (including phenoxy) is 1. The van der Waals surface area contributed by atoms with Crippen molar-refractivity contribution in [3.8, 4) is 5.75 Å². The summed E-state index contributed by atoms with van der Waals surface area (Å²) in [5.74, 6) is 0.220. The molecule has 2 N–H and O–H groups in total. The van der Waals surface area contributed by atoms with E-state index in [1.807, 2.05) is 6.07 Å². The molecule has 2 aromatic carbocycles. The smallest absolute Gasteiger partial charge is 0.329 e. The fraction of sp³-hybridized carbons (Fsp3) is 0.167. The van der Waals surface area contributed by atoms with Crippen LogP contribution in [-0.2, 0) is 13.1 Å². The molecule has 0 spiro atoms. The molecule has 1 amide bonds. The van der Waals surface area contributed by atoms with Gasteiger partial charge in [-0.15, -0.1) is 0 Å². The van der Waals surface area contributed by atoms with E-state index in [2.05, 4.69) is 10.3 Å². The SMILES string of the molecule is COc1cc2[nH]c(=O)n(Cc3ccc4c(c3)C(=O)NC4)c(=O)c2cc1Cl. The molecule has 0 atom stereocenters. The largest absolute Gasteiger partial charge is 0.495 e. The quantitative estimate of drug-likeness (QED) is 0.732. The first-order chi connectivity index (χ1) is 12.5. The van der Waals surface area contributed by atoms with Crippen LogP contribution in [0, 0.1) is 0 Å². The maximum Gasteiger partial charge on any atom is 0.329 e. The molecule has 8 heteroatoms. The summed E-state index contributed by atoms with van der Waals surface area (Å²) in [6.07, 6.45) is 0. The molecule has 7 nitrogen and oxygen atoms in total. The monoisotopic (exact) mass is 371 g/mol. The van der Waals surface area contributed by atoms with Crippen LogP contribution in [0.25, 0.3) is 10.9 Å². The minimum Gasteiger partial charge on any atom is -0.495 e. The van der Waals surface area contributed by atoms with Crippen LogP contribution < -0.4 is 21.3 Å². The van der Waals surface area contributed by atoms with Crippen molar-refractivity contribution in [1.82, 2.24) is 14.9 Å². The molecule has 1 aliphatic rings. The standard InChI is InChI=1S/C18H14ClN3O4/c1-26-15-6-14-12(5-13(15)19)17(24)22(18(25)21-14)8-9-2-3-10-7-20-16(23)11(10)4-9/h2-6H,7-8H2,1H3,(H,20,23)(H,21,25). The van der Waals surface area contributed by atoms with Gasteiger partial charge in [0.2, 0.25) is 0 Å². The van der Waals surface area contributed by atoms with Gasteiger partial charge in [-0.2, -0.15) is 0 Å². The highest BCUT2D eigenvalue weighted by Crippen LogP contribution is 2.27. The third-order valence-corrected chi connectivity index (χ3v) is 4.75. The van der Waals surface area contributed by atoms with E-state index in [0.29, 0.717) is 28.9 Å². The Hall–Kier alpha value is -3.06. The Morgan fingerprint density at radius 2 is 2.00 bits per heavy atom. The van der Waals surface area contributed by atoms with Gasteiger partial charge < -0.3 is 15.0 Å². The van der Waals surface area contributed by atoms with E-state index in [0.717, 1.165) is 10.1 Å². The molecule has 0 radical (unpaired) electrons. The molecule has 26 heavy (non-hydrogen) atoms. The van der Waals surface area contributed by atoms with Gasteiger partial charge in [-0.25, -0.2) is 4.79 Å². The zero-order chi connectivity index (χ0) is 18.4. The Labute approximate surface area is 152 Å². The lowest BCUT2D eigenvalue weighted by molar-refractivity contribution is 0.0965. The summed E-state index contributed by atoms with van der Waals surface area (Å²) in [5.41, 5.74) is 1.51. The molecule has 0 bridgehead atoms. The second-order valence-corrected chi connectivity index (χ2v) is 6.44. The first kappa shape index (κ1) is 16.4. The Morgan fingerprint density at radius 3 is 2.77 bits per heavy atom. The van der Waals surface area contributed by atoms with Crippen LogP contribution in [0.1, 0.15) is 21.5 Å². The summed E-state index contributed by atoms with van der Waals surface area (Å²) in [6, 6.07) is 8.32. The number of fused-ring (bicyclic) bond motifs is 2. The van der Waals surface area contributed by atoms with Crippen LogP contribution in [-0.4, -0.2) is 22.6 Å². The zero-order valence-corrected chi connectivity index (χ0v) is 14.5. The fourth-order valence-electron chi connectivity index (χ4n) is 3.09. The molecular formula is C18H14ClN3O4. The van der Waals surface area contributed by atoms with Crippen molar-refractivity contribution in [3.05, 3.63) is 72.9 Å². The van der Waals surface area contributed by atoms with Crippen LogP contribution in [0.5, 0.6) is 5.75 Å². The fourth-order valence-corrected chi connectivity index (χ4v) is 3.34. The van der Waals surface area contributed by atoms with Crippen LogP contribution >= 0.6 is 11.6 Å². The molecular weight excluding hydrogens is 358 g/mol. The van der Waals surface area contributed by atoms with E-state index in [1.165, 1.54) is 19.2 Å². The molecule has 1 aliphatic heterocycles. The van der Waals surface area contributed by atoms with Crippen molar-refractivity contribution < 1.29 is 9.53 Å². The molecule has 0 unspecified atom stereocenters. The lowest BCUT2D eigenvalue weighted by Crippen LogP contribution is -2.35. The van der Waals surface area contributed by atoms with Gasteiger partial charge in [0.15, 0.2) is 0 Å². The summed E-state index contributed by atoms with van der Waals surface area (Å²) in [5, 5.41) is 3.31. The number of amides is 1. The van der Waals surface area contributed by atoms with Gasteiger partial charge >= 0.3 is 5.69 Å². The minimum absolute atomic E-state index is 0.0499. The highest BCUT2D eigenvalue weighted by atomic mass is 35.5. The average molecular weight is 372 g/mol. The molecule has 3 aromatic rings. The number of aromatic amines is 1. The van der Waals surface area contributed by atoms with Gasteiger partial charge in [-0.1, -0.05) is 23.7 Å². The number of halogens is 1.